The molecule has 0 amide bonds. The van der Waals surface area contributed by atoms with E-state index in [1.165, 1.54) is 6.07 Å². The molecule has 2 aromatic carbocycles. The first-order valence-electron chi connectivity index (χ1n) is 8.69. The van der Waals surface area contributed by atoms with Crippen LogP contribution in [0.2, 0.25) is 0 Å². The van der Waals surface area contributed by atoms with E-state index in [0.29, 0.717) is 11.4 Å². The van der Waals surface area contributed by atoms with E-state index in [0.717, 1.165) is 26.9 Å². The van der Waals surface area contributed by atoms with Gasteiger partial charge in [0.15, 0.2) is 5.65 Å². The molecule has 0 aliphatic carbocycles. The summed E-state index contributed by atoms with van der Waals surface area (Å²) in [6, 6.07) is 20.4. The number of pyridine rings is 2. The highest BCUT2D eigenvalue weighted by Gasteiger charge is 2.13. The van der Waals surface area contributed by atoms with Crippen molar-refractivity contribution < 1.29 is 9.47 Å². The lowest BCUT2D eigenvalue weighted by atomic mass is 10.2. The van der Waals surface area contributed by atoms with Crippen molar-refractivity contribution in [2.75, 3.05) is 7.11 Å². The number of rotatable bonds is 5. The molecular formula is C22H17BrN2O3. The second kappa shape index (κ2) is 7.86. The average molecular weight is 437 g/mol. The smallest absolute Gasteiger partial charge is 0.260 e. The minimum atomic E-state index is -0.197. The van der Waals surface area contributed by atoms with Crippen LogP contribution in [0.1, 0.15) is 5.56 Å². The Labute approximate surface area is 170 Å². The van der Waals surface area contributed by atoms with Crippen molar-refractivity contribution in [1.29, 1.82) is 0 Å². The predicted octanol–water partition coefficient (Wildman–Crippen LogP) is 4.74. The van der Waals surface area contributed by atoms with E-state index in [1.54, 1.807) is 17.9 Å². The molecule has 0 atom stereocenters. The van der Waals surface area contributed by atoms with Crippen molar-refractivity contribution in [2.24, 2.45) is 0 Å². The quantitative estimate of drug-likeness (QED) is 0.453. The van der Waals surface area contributed by atoms with Gasteiger partial charge >= 0.3 is 0 Å². The first-order valence-corrected chi connectivity index (χ1v) is 9.48. The first-order chi connectivity index (χ1) is 13.7. The second-order valence-electron chi connectivity index (χ2n) is 6.14. The van der Waals surface area contributed by atoms with Crippen LogP contribution in [0.15, 0.2) is 82.2 Å². The average Bonchev–Trinajstić information content (AvgIpc) is 2.73. The highest BCUT2D eigenvalue weighted by atomic mass is 79.9. The van der Waals surface area contributed by atoms with Gasteiger partial charge in [-0.2, -0.15) is 0 Å². The van der Waals surface area contributed by atoms with Gasteiger partial charge in [0.05, 0.1) is 18.2 Å². The third-order valence-electron chi connectivity index (χ3n) is 4.39. The molecular weight excluding hydrogens is 420 g/mol. The molecule has 0 saturated heterocycles. The minimum absolute atomic E-state index is 0.197. The number of hydrogen-bond donors (Lipinski definition) is 0. The van der Waals surface area contributed by atoms with Gasteiger partial charge in [-0.1, -0.05) is 34.1 Å². The van der Waals surface area contributed by atoms with E-state index in [1.807, 2.05) is 60.7 Å². The Bertz CT molecular complexity index is 1190. The standard InChI is InChI=1S/C22H17BrN2O3/c1-27-17-9-10-19(23)15(12-17)14-28-20-13-21(26)25(16-6-3-2-4-7-16)22-18(20)8-5-11-24-22/h2-13H,14H2,1H3. The van der Waals surface area contributed by atoms with Gasteiger partial charge in [0, 0.05) is 22.3 Å². The van der Waals surface area contributed by atoms with Crippen LogP contribution in [-0.2, 0) is 6.61 Å². The summed E-state index contributed by atoms with van der Waals surface area (Å²) < 4.78 is 13.8. The van der Waals surface area contributed by atoms with Gasteiger partial charge in [0.1, 0.15) is 18.1 Å². The SMILES string of the molecule is COc1ccc(Br)c(COc2cc(=O)n(-c3ccccc3)c3ncccc23)c1. The van der Waals surface area contributed by atoms with Gasteiger partial charge in [-0.05, 0) is 42.5 Å². The molecule has 0 aliphatic heterocycles. The van der Waals surface area contributed by atoms with Crippen molar-refractivity contribution in [2.45, 2.75) is 6.61 Å². The zero-order valence-corrected chi connectivity index (χ0v) is 16.7. The molecule has 0 spiro atoms. The van der Waals surface area contributed by atoms with Crippen LogP contribution in [0.4, 0.5) is 0 Å². The Kier molecular flexibility index (Phi) is 5.12. The van der Waals surface area contributed by atoms with E-state index in [9.17, 15) is 4.79 Å². The molecule has 6 heteroatoms. The maximum absolute atomic E-state index is 12.8. The number of fused-ring (bicyclic) bond motifs is 1. The van der Waals surface area contributed by atoms with Crippen molar-refractivity contribution in [3.05, 3.63) is 93.3 Å². The molecule has 28 heavy (non-hydrogen) atoms. The fourth-order valence-corrected chi connectivity index (χ4v) is 3.38. The molecule has 2 heterocycles. The predicted molar refractivity (Wildman–Crippen MR) is 112 cm³/mol. The van der Waals surface area contributed by atoms with Crippen LogP contribution in [0.5, 0.6) is 11.5 Å². The summed E-state index contributed by atoms with van der Waals surface area (Å²) in [7, 11) is 1.62. The second-order valence-corrected chi connectivity index (χ2v) is 6.99. The lowest BCUT2D eigenvalue weighted by molar-refractivity contribution is 0.307. The highest BCUT2D eigenvalue weighted by Crippen LogP contribution is 2.27. The minimum Gasteiger partial charge on any atom is -0.497 e. The van der Waals surface area contributed by atoms with Crippen molar-refractivity contribution in [3.63, 3.8) is 0 Å². The number of ether oxygens (including phenoxy) is 2. The van der Waals surface area contributed by atoms with Crippen LogP contribution < -0.4 is 15.0 Å². The molecule has 140 valence electrons. The third kappa shape index (κ3) is 3.51. The third-order valence-corrected chi connectivity index (χ3v) is 5.16. The molecule has 4 rings (SSSR count). The number of nitrogens with zero attached hydrogens (tertiary/aromatic N) is 2. The summed E-state index contributed by atoms with van der Waals surface area (Å²) in [5, 5.41) is 0.768. The Hall–Kier alpha value is -3.12. The van der Waals surface area contributed by atoms with Gasteiger partial charge in [-0.25, -0.2) is 4.98 Å². The summed E-state index contributed by atoms with van der Waals surface area (Å²) >= 11 is 3.53. The summed E-state index contributed by atoms with van der Waals surface area (Å²) in [5.41, 5.74) is 2.04. The Morgan fingerprint density at radius 3 is 2.64 bits per heavy atom. The fourth-order valence-electron chi connectivity index (χ4n) is 3.02. The molecule has 0 fully saturated rings. The fraction of sp³-hybridized carbons (Fsp3) is 0.0909. The maximum Gasteiger partial charge on any atom is 0.260 e. The lowest BCUT2D eigenvalue weighted by Crippen LogP contribution is -2.19. The van der Waals surface area contributed by atoms with Crippen LogP contribution in [-0.4, -0.2) is 16.7 Å². The molecule has 0 unspecified atom stereocenters. The number of para-hydroxylation sites is 1. The van der Waals surface area contributed by atoms with E-state index < -0.39 is 0 Å². The largest absolute Gasteiger partial charge is 0.497 e. The van der Waals surface area contributed by atoms with Crippen LogP contribution >= 0.6 is 15.9 Å². The van der Waals surface area contributed by atoms with Crippen molar-refractivity contribution >= 4 is 27.0 Å². The zero-order chi connectivity index (χ0) is 19.5. The van der Waals surface area contributed by atoms with Crippen LogP contribution in [0.25, 0.3) is 16.7 Å². The lowest BCUT2D eigenvalue weighted by Gasteiger charge is -2.14. The van der Waals surface area contributed by atoms with Gasteiger partial charge < -0.3 is 9.47 Å². The Balaban J connectivity index is 1.76. The van der Waals surface area contributed by atoms with Gasteiger partial charge in [-0.3, -0.25) is 9.36 Å². The molecule has 0 radical (unpaired) electrons. The normalized spacial score (nSPS) is 10.8. The van der Waals surface area contributed by atoms with Crippen LogP contribution in [0, 0.1) is 0 Å². The van der Waals surface area contributed by atoms with Gasteiger partial charge in [0.25, 0.3) is 5.56 Å². The number of hydrogen-bond acceptors (Lipinski definition) is 4. The Morgan fingerprint density at radius 2 is 1.86 bits per heavy atom. The highest BCUT2D eigenvalue weighted by molar-refractivity contribution is 9.10. The van der Waals surface area contributed by atoms with E-state index >= 15 is 0 Å². The Morgan fingerprint density at radius 1 is 1.04 bits per heavy atom. The molecule has 5 nitrogen and oxygen atoms in total. The molecule has 0 saturated carbocycles. The number of methoxy groups -OCH3 is 1. The molecule has 4 aromatic rings. The number of halogens is 1. The maximum atomic E-state index is 12.8. The van der Waals surface area contributed by atoms with Gasteiger partial charge in [0.2, 0.25) is 0 Å². The summed E-state index contributed by atoms with van der Waals surface area (Å²) in [5.74, 6) is 1.24. The number of benzene rings is 2. The van der Waals surface area contributed by atoms with E-state index in [-0.39, 0.29) is 12.2 Å². The first kappa shape index (κ1) is 18.3. The van der Waals surface area contributed by atoms with Crippen molar-refractivity contribution in [3.8, 4) is 17.2 Å². The topological polar surface area (TPSA) is 53.4 Å². The summed E-state index contributed by atoms with van der Waals surface area (Å²) in [4.78, 5) is 17.3. The zero-order valence-electron chi connectivity index (χ0n) is 15.1. The number of aromatic nitrogens is 2. The van der Waals surface area contributed by atoms with Crippen molar-refractivity contribution in [1.82, 2.24) is 9.55 Å². The van der Waals surface area contributed by atoms with E-state index in [4.69, 9.17) is 9.47 Å². The van der Waals surface area contributed by atoms with Crippen LogP contribution in [0.3, 0.4) is 0 Å². The molecule has 0 bridgehead atoms. The summed E-state index contributed by atoms with van der Waals surface area (Å²) in [6.45, 7) is 0.288. The summed E-state index contributed by atoms with van der Waals surface area (Å²) in [6.07, 6.45) is 1.67. The molecule has 2 aromatic heterocycles. The van der Waals surface area contributed by atoms with E-state index in [2.05, 4.69) is 20.9 Å². The van der Waals surface area contributed by atoms with Gasteiger partial charge in [-0.15, -0.1) is 0 Å². The monoisotopic (exact) mass is 436 g/mol. The molecule has 0 N–H and O–H groups in total. The molecule has 0 aliphatic rings.